The number of methoxy groups -OCH3 is 1. The summed E-state index contributed by atoms with van der Waals surface area (Å²) in [6.45, 7) is 11.6. The van der Waals surface area contributed by atoms with Crippen LogP contribution in [0.5, 0.6) is 0 Å². The maximum Gasteiger partial charge on any atom is 0.240 e. The molecule has 2 rings (SSSR count). The first-order valence-corrected chi connectivity index (χ1v) is 13.1. The minimum atomic E-state index is -1.74. The standard InChI is InChI=1S/C23H43ClN2O5S/c1-10-11-15-12-20(3,26(7)13-15)19(27)25-16(14(2)24)17-21(4,28)22(5,29)18(30-8)23(6,31-17)32-9/h14-18,28-29H,10-13H2,1-9H3,(H,25,27). The van der Waals surface area contributed by atoms with Gasteiger partial charge < -0.3 is 25.0 Å². The van der Waals surface area contributed by atoms with Crippen LogP contribution in [-0.4, -0.2) is 93.3 Å². The topological polar surface area (TPSA) is 91.3 Å². The van der Waals surface area contributed by atoms with Gasteiger partial charge in [-0.1, -0.05) is 13.3 Å². The number of rotatable bonds is 8. The fraction of sp³-hybridized carbons (Fsp3) is 0.957. The average Bonchev–Trinajstić information content (AvgIpc) is 2.98. The molecule has 7 nitrogen and oxygen atoms in total. The zero-order valence-electron chi connectivity index (χ0n) is 21.1. The lowest BCUT2D eigenvalue weighted by molar-refractivity contribution is -0.319. The molecule has 1 amide bonds. The van der Waals surface area contributed by atoms with Gasteiger partial charge in [0.1, 0.15) is 28.3 Å². The van der Waals surface area contributed by atoms with Gasteiger partial charge in [0.25, 0.3) is 0 Å². The predicted molar refractivity (Wildman–Crippen MR) is 130 cm³/mol. The second-order valence-electron chi connectivity index (χ2n) is 10.4. The van der Waals surface area contributed by atoms with Crippen molar-refractivity contribution in [3.8, 4) is 0 Å². The molecular formula is C23H43ClN2O5S. The summed E-state index contributed by atoms with van der Waals surface area (Å²) in [4.78, 5) is 14.7. The molecule has 3 N–H and O–H groups in total. The second kappa shape index (κ2) is 9.88. The Morgan fingerprint density at radius 1 is 1.31 bits per heavy atom. The number of hydrogen-bond donors (Lipinski definition) is 3. The number of hydrogen-bond acceptors (Lipinski definition) is 7. The highest BCUT2D eigenvalue weighted by molar-refractivity contribution is 7.99. The van der Waals surface area contributed by atoms with Crippen LogP contribution < -0.4 is 5.32 Å². The Labute approximate surface area is 202 Å². The number of alkyl halides is 1. The monoisotopic (exact) mass is 494 g/mol. The van der Waals surface area contributed by atoms with Crippen LogP contribution in [0.2, 0.25) is 0 Å². The van der Waals surface area contributed by atoms with Gasteiger partial charge in [-0.2, -0.15) is 0 Å². The van der Waals surface area contributed by atoms with Crippen LogP contribution in [0.4, 0.5) is 0 Å². The molecule has 0 aliphatic carbocycles. The first-order valence-electron chi connectivity index (χ1n) is 11.5. The quantitative estimate of drug-likeness (QED) is 0.447. The first kappa shape index (κ1) is 28.1. The molecule has 9 unspecified atom stereocenters. The molecule has 188 valence electrons. The van der Waals surface area contributed by atoms with Gasteiger partial charge in [0.15, 0.2) is 0 Å². The van der Waals surface area contributed by atoms with Crippen molar-refractivity contribution in [2.24, 2.45) is 5.92 Å². The molecular weight excluding hydrogens is 452 g/mol. The number of carbonyl (C=O) groups is 1. The van der Waals surface area contributed by atoms with Crippen molar-refractivity contribution in [3.05, 3.63) is 0 Å². The predicted octanol–water partition coefficient (Wildman–Crippen LogP) is 2.60. The summed E-state index contributed by atoms with van der Waals surface area (Å²) in [5.74, 6) is 0.319. The van der Waals surface area contributed by atoms with E-state index >= 15 is 0 Å². The second-order valence-corrected chi connectivity index (χ2v) is 12.3. The summed E-state index contributed by atoms with van der Waals surface area (Å²) in [7, 11) is 3.46. The highest BCUT2D eigenvalue weighted by Crippen LogP contribution is 2.49. The van der Waals surface area contributed by atoms with Gasteiger partial charge in [-0.25, -0.2) is 0 Å². The van der Waals surface area contributed by atoms with Crippen molar-refractivity contribution in [1.29, 1.82) is 0 Å². The molecule has 2 fully saturated rings. The lowest BCUT2D eigenvalue weighted by atomic mass is 9.71. The Hall–Kier alpha value is -0.0900. The molecule has 2 aliphatic rings. The van der Waals surface area contributed by atoms with Crippen LogP contribution >= 0.6 is 23.4 Å². The fourth-order valence-corrected chi connectivity index (χ4v) is 6.43. The molecule has 0 aromatic rings. The van der Waals surface area contributed by atoms with Gasteiger partial charge in [-0.3, -0.25) is 9.69 Å². The minimum Gasteiger partial charge on any atom is -0.384 e. The molecule has 2 heterocycles. The van der Waals surface area contributed by atoms with E-state index < -0.39 is 45.3 Å². The number of likely N-dealkylation sites (N-methyl/N-ethyl adjacent to an activating group) is 1. The van der Waals surface area contributed by atoms with Crippen LogP contribution in [0.3, 0.4) is 0 Å². The highest BCUT2D eigenvalue weighted by Gasteiger charge is 2.66. The molecule has 0 spiro atoms. The zero-order valence-corrected chi connectivity index (χ0v) is 22.6. The van der Waals surface area contributed by atoms with E-state index in [0.29, 0.717) is 5.92 Å². The Morgan fingerprint density at radius 3 is 2.38 bits per heavy atom. The van der Waals surface area contributed by atoms with Crippen LogP contribution in [-0.2, 0) is 14.3 Å². The molecule has 32 heavy (non-hydrogen) atoms. The third kappa shape index (κ3) is 4.70. The first-order chi connectivity index (χ1) is 14.6. The number of aliphatic hydroxyl groups is 2. The van der Waals surface area contributed by atoms with Crippen LogP contribution in [0.25, 0.3) is 0 Å². The number of thioether (sulfide) groups is 1. The van der Waals surface area contributed by atoms with E-state index in [9.17, 15) is 15.0 Å². The van der Waals surface area contributed by atoms with E-state index in [1.807, 2.05) is 27.2 Å². The molecule has 0 saturated carbocycles. The van der Waals surface area contributed by atoms with Crippen LogP contribution in [0.15, 0.2) is 0 Å². The normalized spacial score (nSPS) is 44.9. The highest BCUT2D eigenvalue weighted by atomic mass is 35.5. The molecule has 2 aliphatic heterocycles. The summed E-state index contributed by atoms with van der Waals surface area (Å²) >= 11 is 7.96. The molecule has 0 bridgehead atoms. The van der Waals surface area contributed by atoms with Gasteiger partial charge in [0.2, 0.25) is 5.91 Å². The molecule has 9 heteroatoms. The van der Waals surface area contributed by atoms with Gasteiger partial charge in [-0.15, -0.1) is 23.4 Å². The SMILES string of the molecule is CCCC1CN(C)C(C)(C(=O)NC(C(C)Cl)C2OC(C)(SC)C(OC)C(C)(O)C2(C)O)C1. The number of nitrogens with one attached hydrogen (secondary N) is 1. The summed E-state index contributed by atoms with van der Waals surface area (Å²) in [6, 6.07) is -0.731. The Morgan fingerprint density at radius 2 is 1.91 bits per heavy atom. The summed E-state index contributed by atoms with van der Waals surface area (Å²) in [5.41, 5.74) is -4.07. The number of halogens is 1. The molecule has 0 radical (unpaired) electrons. The van der Waals surface area contributed by atoms with Gasteiger partial charge in [0.05, 0.1) is 17.0 Å². The van der Waals surface area contributed by atoms with Crippen LogP contribution in [0, 0.1) is 5.92 Å². The minimum absolute atomic E-state index is 0.144. The number of nitrogens with zero attached hydrogens (tertiary/aromatic N) is 1. The number of ether oxygens (including phenoxy) is 2. The molecule has 0 aromatic carbocycles. The molecule has 0 aromatic heterocycles. The summed E-state index contributed by atoms with van der Waals surface area (Å²) < 4.78 is 12.0. The van der Waals surface area contributed by atoms with Crippen molar-refractivity contribution in [3.63, 3.8) is 0 Å². The average molecular weight is 495 g/mol. The van der Waals surface area contributed by atoms with E-state index in [1.165, 1.54) is 25.8 Å². The lowest BCUT2D eigenvalue weighted by Crippen LogP contribution is -2.78. The van der Waals surface area contributed by atoms with E-state index in [4.69, 9.17) is 21.1 Å². The van der Waals surface area contributed by atoms with Crippen molar-refractivity contribution >= 4 is 29.3 Å². The van der Waals surface area contributed by atoms with Crippen molar-refractivity contribution in [2.45, 2.75) is 106 Å². The fourth-order valence-electron chi connectivity index (χ4n) is 5.49. The Kier molecular flexibility index (Phi) is 8.69. The van der Waals surface area contributed by atoms with Crippen molar-refractivity contribution < 1.29 is 24.5 Å². The third-order valence-electron chi connectivity index (χ3n) is 7.93. The zero-order chi connectivity index (χ0) is 24.7. The van der Waals surface area contributed by atoms with E-state index in [-0.39, 0.29) is 5.91 Å². The molecule has 2 saturated heterocycles. The lowest BCUT2D eigenvalue weighted by Gasteiger charge is -2.59. The van der Waals surface area contributed by atoms with Gasteiger partial charge in [-0.05, 0) is 66.7 Å². The molecule has 9 atom stereocenters. The third-order valence-corrected chi connectivity index (χ3v) is 9.33. The number of carbonyl (C=O) groups excluding carboxylic acids is 1. The van der Waals surface area contributed by atoms with Crippen LogP contribution in [0.1, 0.15) is 60.8 Å². The van der Waals surface area contributed by atoms with Gasteiger partial charge in [0, 0.05) is 13.7 Å². The smallest absolute Gasteiger partial charge is 0.240 e. The van der Waals surface area contributed by atoms with Crippen molar-refractivity contribution in [2.75, 3.05) is 27.0 Å². The van der Waals surface area contributed by atoms with Crippen molar-refractivity contribution in [1.82, 2.24) is 10.2 Å². The largest absolute Gasteiger partial charge is 0.384 e. The summed E-state index contributed by atoms with van der Waals surface area (Å²) in [5, 5.41) is 25.5. The van der Waals surface area contributed by atoms with E-state index in [1.54, 1.807) is 13.8 Å². The van der Waals surface area contributed by atoms with Gasteiger partial charge >= 0.3 is 0 Å². The number of amides is 1. The number of likely N-dealkylation sites (tertiary alicyclic amines) is 1. The van der Waals surface area contributed by atoms with E-state index in [0.717, 1.165) is 25.8 Å². The summed E-state index contributed by atoms with van der Waals surface area (Å²) in [6.07, 6.45) is 3.03. The van der Waals surface area contributed by atoms with E-state index in [2.05, 4.69) is 17.1 Å². The Bertz CT molecular complexity index is 679. The maximum atomic E-state index is 13.6. The Balaban J connectivity index is 2.38. The maximum absolute atomic E-state index is 13.6.